The third-order valence-corrected chi connectivity index (χ3v) is 5.41. The largest absolute Gasteiger partial charge is 0.392 e. The number of aliphatic hydroxyl groups is 1. The molecule has 1 aromatic carbocycles. The molecule has 22 heavy (non-hydrogen) atoms. The summed E-state index contributed by atoms with van der Waals surface area (Å²) in [6.45, 7) is 10.0. The lowest BCUT2D eigenvalue weighted by Crippen LogP contribution is -2.33. The van der Waals surface area contributed by atoms with Crippen LogP contribution in [0.1, 0.15) is 71.8 Å². The average Bonchev–Trinajstić information content (AvgIpc) is 2.93. The van der Waals surface area contributed by atoms with Crippen LogP contribution < -0.4 is 4.90 Å². The van der Waals surface area contributed by atoms with Gasteiger partial charge >= 0.3 is 0 Å². The van der Waals surface area contributed by atoms with Gasteiger partial charge in [0, 0.05) is 23.7 Å². The van der Waals surface area contributed by atoms with E-state index in [1.54, 1.807) is 0 Å². The molecule has 1 aromatic rings. The van der Waals surface area contributed by atoms with Crippen molar-refractivity contribution in [2.24, 2.45) is 0 Å². The highest BCUT2D eigenvalue weighted by molar-refractivity contribution is 5.50. The Morgan fingerprint density at radius 2 is 1.91 bits per heavy atom. The van der Waals surface area contributed by atoms with Gasteiger partial charge in [0.05, 0.1) is 6.10 Å². The molecule has 0 bridgehead atoms. The maximum Gasteiger partial charge on any atom is 0.0631 e. The molecule has 124 valence electrons. The van der Waals surface area contributed by atoms with Crippen LogP contribution in [-0.2, 0) is 5.41 Å². The van der Waals surface area contributed by atoms with Gasteiger partial charge in [-0.25, -0.2) is 0 Å². The first-order chi connectivity index (χ1) is 10.5. The zero-order valence-corrected chi connectivity index (χ0v) is 14.8. The summed E-state index contributed by atoms with van der Waals surface area (Å²) in [5.41, 5.74) is 2.39. The predicted octanol–water partition coefficient (Wildman–Crippen LogP) is 4.89. The zero-order valence-electron chi connectivity index (χ0n) is 14.8. The Labute approximate surface area is 136 Å². The Morgan fingerprint density at radius 3 is 2.45 bits per heavy atom. The van der Waals surface area contributed by atoms with E-state index < -0.39 is 0 Å². The summed E-state index contributed by atoms with van der Waals surface area (Å²) in [5.74, 6) is 0. The summed E-state index contributed by atoms with van der Waals surface area (Å²) >= 11 is 0. The van der Waals surface area contributed by atoms with Crippen LogP contribution >= 0.6 is 0 Å². The molecule has 2 nitrogen and oxygen atoms in total. The van der Waals surface area contributed by atoms with Crippen molar-refractivity contribution in [2.45, 2.75) is 83.8 Å². The average molecular weight is 303 g/mol. The first-order valence-electron chi connectivity index (χ1n) is 9.02. The van der Waals surface area contributed by atoms with Crippen LogP contribution in [0.4, 0.5) is 5.69 Å². The van der Waals surface area contributed by atoms with Crippen molar-refractivity contribution in [1.29, 1.82) is 0 Å². The number of anilines is 1. The summed E-state index contributed by atoms with van der Waals surface area (Å²) in [6, 6.07) is 9.54. The molecule has 1 aliphatic rings. The predicted molar refractivity (Wildman–Crippen MR) is 95.7 cm³/mol. The molecule has 1 fully saturated rings. The van der Waals surface area contributed by atoms with Gasteiger partial charge in [-0.1, -0.05) is 52.2 Å². The number of nitrogens with zero attached hydrogens (tertiary/aromatic N) is 1. The van der Waals surface area contributed by atoms with Crippen LogP contribution in [0.3, 0.4) is 0 Å². The second-order valence-electron chi connectivity index (χ2n) is 7.46. The van der Waals surface area contributed by atoms with E-state index in [4.69, 9.17) is 0 Å². The van der Waals surface area contributed by atoms with Gasteiger partial charge in [0.1, 0.15) is 0 Å². The molecule has 0 aromatic heterocycles. The van der Waals surface area contributed by atoms with Crippen LogP contribution in [0.5, 0.6) is 0 Å². The van der Waals surface area contributed by atoms with Crippen molar-refractivity contribution < 1.29 is 5.11 Å². The fourth-order valence-corrected chi connectivity index (χ4v) is 3.54. The zero-order chi connectivity index (χ0) is 16.2. The minimum absolute atomic E-state index is 0.178. The quantitative estimate of drug-likeness (QED) is 0.725. The molecule has 2 atom stereocenters. The number of hydrogen-bond donors (Lipinski definition) is 1. The number of aliphatic hydroxyl groups excluding tert-OH is 1. The van der Waals surface area contributed by atoms with Gasteiger partial charge in [0.2, 0.25) is 0 Å². The maximum atomic E-state index is 10.6. The molecule has 0 saturated carbocycles. The second kappa shape index (κ2) is 7.50. The number of rotatable bonds is 7. The second-order valence-corrected chi connectivity index (χ2v) is 7.46. The third kappa shape index (κ3) is 3.84. The fourth-order valence-electron chi connectivity index (χ4n) is 3.54. The van der Waals surface area contributed by atoms with Crippen molar-refractivity contribution in [3.63, 3.8) is 0 Å². The topological polar surface area (TPSA) is 23.5 Å². The van der Waals surface area contributed by atoms with Gasteiger partial charge in [-0.05, 0) is 43.9 Å². The molecule has 0 amide bonds. The number of benzene rings is 1. The molecular formula is C20H33NO. The molecule has 1 aliphatic heterocycles. The van der Waals surface area contributed by atoms with Crippen molar-refractivity contribution >= 4 is 5.69 Å². The van der Waals surface area contributed by atoms with E-state index in [1.165, 1.54) is 43.5 Å². The highest BCUT2D eigenvalue weighted by Gasteiger charge is 2.29. The van der Waals surface area contributed by atoms with Crippen LogP contribution in [-0.4, -0.2) is 23.8 Å². The van der Waals surface area contributed by atoms with Gasteiger partial charge in [0.15, 0.2) is 0 Å². The van der Waals surface area contributed by atoms with E-state index in [0.717, 1.165) is 12.8 Å². The van der Waals surface area contributed by atoms with Crippen molar-refractivity contribution in [1.82, 2.24) is 0 Å². The van der Waals surface area contributed by atoms with Gasteiger partial charge in [-0.15, -0.1) is 0 Å². The monoisotopic (exact) mass is 303 g/mol. The van der Waals surface area contributed by atoms with Crippen molar-refractivity contribution in [3.05, 3.63) is 29.8 Å². The minimum atomic E-state index is -0.268. The van der Waals surface area contributed by atoms with Gasteiger partial charge in [-0.3, -0.25) is 0 Å². The number of hydrogen-bond acceptors (Lipinski definition) is 2. The summed E-state index contributed by atoms with van der Waals surface area (Å²) in [7, 11) is 0. The summed E-state index contributed by atoms with van der Waals surface area (Å²) < 4.78 is 0. The standard InChI is InChI=1S/C20H33NO/c1-5-6-7-10-19(22)20(3,4)17-11-13-18(14-12-17)21-15-8-9-16(21)2/h11-14,16,19,22H,5-10,15H2,1-4H3. The molecule has 0 aliphatic carbocycles. The van der Waals surface area contributed by atoms with Crippen molar-refractivity contribution in [2.75, 3.05) is 11.4 Å². The highest BCUT2D eigenvalue weighted by Crippen LogP contribution is 2.32. The number of unbranched alkanes of at least 4 members (excludes halogenated alkanes) is 2. The Balaban J connectivity index is 2.04. The lowest BCUT2D eigenvalue weighted by atomic mass is 9.77. The van der Waals surface area contributed by atoms with Gasteiger partial charge in [0.25, 0.3) is 0 Å². The third-order valence-electron chi connectivity index (χ3n) is 5.41. The van der Waals surface area contributed by atoms with E-state index >= 15 is 0 Å². The first-order valence-corrected chi connectivity index (χ1v) is 9.02. The fraction of sp³-hybridized carbons (Fsp3) is 0.700. The minimum Gasteiger partial charge on any atom is -0.392 e. The van der Waals surface area contributed by atoms with E-state index in [9.17, 15) is 5.11 Å². The lowest BCUT2D eigenvalue weighted by molar-refractivity contribution is 0.0886. The molecule has 1 heterocycles. The lowest BCUT2D eigenvalue weighted by Gasteiger charge is -2.32. The molecule has 2 rings (SSSR count). The van der Waals surface area contributed by atoms with Gasteiger partial charge < -0.3 is 10.0 Å². The molecule has 0 spiro atoms. The van der Waals surface area contributed by atoms with E-state index in [-0.39, 0.29) is 11.5 Å². The Kier molecular flexibility index (Phi) is 5.91. The SMILES string of the molecule is CCCCCC(O)C(C)(C)c1ccc(N2CCCC2C)cc1. The van der Waals surface area contributed by atoms with E-state index in [0.29, 0.717) is 6.04 Å². The van der Waals surface area contributed by atoms with Crippen molar-refractivity contribution in [3.8, 4) is 0 Å². The van der Waals surface area contributed by atoms with Crippen LogP contribution in [0.2, 0.25) is 0 Å². The molecule has 1 saturated heterocycles. The maximum absolute atomic E-state index is 10.6. The normalized spacial score (nSPS) is 20.4. The first kappa shape index (κ1) is 17.3. The van der Waals surface area contributed by atoms with Gasteiger partial charge in [-0.2, -0.15) is 0 Å². The Bertz CT molecular complexity index is 451. The summed E-state index contributed by atoms with van der Waals surface area (Å²) in [5, 5.41) is 10.6. The van der Waals surface area contributed by atoms with Crippen LogP contribution in [0.15, 0.2) is 24.3 Å². The van der Waals surface area contributed by atoms with E-state index in [2.05, 4.69) is 56.9 Å². The van der Waals surface area contributed by atoms with Crippen LogP contribution in [0, 0.1) is 0 Å². The smallest absolute Gasteiger partial charge is 0.0631 e. The molecule has 1 N–H and O–H groups in total. The Hall–Kier alpha value is -1.02. The Morgan fingerprint density at radius 1 is 1.23 bits per heavy atom. The molecular weight excluding hydrogens is 270 g/mol. The molecule has 0 radical (unpaired) electrons. The summed E-state index contributed by atoms with van der Waals surface area (Å²) in [6.07, 6.45) is 6.74. The molecule has 2 unspecified atom stereocenters. The van der Waals surface area contributed by atoms with Crippen LogP contribution in [0.25, 0.3) is 0 Å². The van der Waals surface area contributed by atoms with E-state index in [1.807, 2.05) is 0 Å². The summed E-state index contributed by atoms with van der Waals surface area (Å²) in [4.78, 5) is 2.49. The molecule has 2 heteroatoms. The highest BCUT2D eigenvalue weighted by atomic mass is 16.3.